The van der Waals surface area contributed by atoms with Crippen molar-refractivity contribution in [2.75, 3.05) is 37.6 Å². The van der Waals surface area contributed by atoms with Gasteiger partial charge in [0.05, 0.1) is 18.0 Å². The molecule has 43 heavy (non-hydrogen) atoms. The number of fused-ring (bicyclic) bond motifs is 5. The maximum atomic E-state index is 15.1. The number of hydrogen-bond donors (Lipinski definition) is 2. The monoisotopic (exact) mass is 595 g/mol. The molecular weight excluding hydrogens is 561 g/mol. The van der Waals surface area contributed by atoms with Crippen LogP contribution in [0.25, 0.3) is 27.4 Å². The van der Waals surface area contributed by atoms with Crippen molar-refractivity contribution in [2.24, 2.45) is 0 Å². The second kappa shape index (κ2) is 9.81. The molecule has 0 radical (unpaired) electrons. The van der Waals surface area contributed by atoms with Crippen LogP contribution in [0.1, 0.15) is 36.2 Å². The fraction of sp³-hybridized carbons (Fsp3) is 0.452. The number of piperazine rings is 1. The third kappa shape index (κ3) is 4.33. The Labute approximate surface area is 249 Å². The number of nitrogens with one attached hydrogen (secondary N) is 1. The topological polar surface area (TPSA) is 95.8 Å². The molecule has 0 aliphatic carbocycles. The van der Waals surface area contributed by atoms with Gasteiger partial charge in [-0.2, -0.15) is 9.97 Å². The van der Waals surface area contributed by atoms with E-state index in [1.54, 1.807) is 6.07 Å². The highest BCUT2D eigenvalue weighted by Crippen LogP contribution is 2.40. The summed E-state index contributed by atoms with van der Waals surface area (Å²) in [5.74, 6) is -2.08. The van der Waals surface area contributed by atoms with Gasteiger partial charge in [-0.3, -0.25) is 14.3 Å². The molecule has 9 nitrogen and oxygen atoms in total. The van der Waals surface area contributed by atoms with Crippen LogP contribution in [-0.2, 0) is 0 Å². The number of alkyl halides is 1. The first-order valence-electron chi connectivity index (χ1n) is 16.0. The molecule has 2 N–H and O–H groups in total. The number of benzene rings is 2. The lowest BCUT2D eigenvalue weighted by molar-refractivity contribution is 0.107. The van der Waals surface area contributed by atoms with Crippen LogP contribution in [0.3, 0.4) is 0 Å². The van der Waals surface area contributed by atoms with E-state index in [4.69, 9.17) is 13.8 Å². The van der Waals surface area contributed by atoms with E-state index in [1.165, 1.54) is 29.3 Å². The maximum Gasteiger partial charge on any atom is 0.319 e. The molecule has 2 aromatic carbocycles. The van der Waals surface area contributed by atoms with Gasteiger partial charge in [0.15, 0.2) is 11.6 Å². The number of aromatic hydroxyl groups is 1. The molecule has 0 amide bonds. The number of halogens is 3. The van der Waals surface area contributed by atoms with Gasteiger partial charge in [-0.15, -0.1) is 0 Å². The number of pyridine rings is 1. The zero-order valence-corrected chi connectivity index (χ0v) is 23.1. The zero-order valence-electron chi connectivity index (χ0n) is 26.1. The lowest BCUT2D eigenvalue weighted by atomic mass is 9.95. The summed E-state index contributed by atoms with van der Waals surface area (Å²) >= 11 is 0. The Morgan fingerprint density at radius 3 is 2.79 bits per heavy atom. The SMILES string of the molecule is [2H]C1([2H])CC[C@@]2(COc3nc(N4C[C@H]5CC[C@@H](C4)N5)c4ccn(-c5cc(O)cc6ccc(F)c(F)c56)c(=O)c4n3)C[C@@]([2H])(F)CN12. The van der Waals surface area contributed by atoms with E-state index in [9.17, 15) is 18.7 Å². The smallest absolute Gasteiger partial charge is 0.319 e. The molecule has 2 bridgehead atoms. The molecule has 6 heterocycles. The van der Waals surface area contributed by atoms with Crippen molar-refractivity contribution in [1.29, 1.82) is 0 Å². The Balaban J connectivity index is 1.26. The van der Waals surface area contributed by atoms with Gasteiger partial charge in [0.25, 0.3) is 5.56 Å². The van der Waals surface area contributed by atoms with Crippen molar-refractivity contribution in [3.63, 3.8) is 0 Å². The van der Waals surface area contributed by atoms with Crippen LogP contribution in [0.4, 0.5) is 19.0 Å². The first kappa shape index (κ1) is 23.5. The number of rotatable bonds is 5. The predicted octanol–water partition coefficient (Wildman–Crippen LogP) is 3.81. The molecule has 4 saturated heterocycles. The first-order valence-corrected chi connectivity index (χ1v) is 14.5. The molecule has 2 aromatic heterocycles. The maximum absolute atomic E-state index is 15.1. The van der Waals surface area contributed by atoms with Crippen LogP contribution in [0.2, 0.25) is 0 Å². The fourth-order valence-electron chi connectivity index (χ4n) is 7.22. The van der Waals surface area contributed by atoms with Crippen LogP contribution in [-0.4, -0.2) is 81.0 Å². The summed E-state index contributed by atoms with van der Waals surface area (Å²) in [5, 5.41) is 14.4. The van der Waals surface area contributed by atoms with Crippen LogP contribution < -0.4 is 20.5 Å². The Kier molecular flexibility index (Phi) is 5.37. The molecular formula is C31H31F3N6O3. The highest BCUT2D eigenvalue weighted by atomic mass is 19.2. The van der Waals surface area contributed by atoms with Gasteiger partial charge in [0.2, 0.25) is 0 Å². The summed E-state index contributed by atoms with van der Waals surface area (Å²) in [6.07, 6.45) is 1.22. The Bertz CT molecular complexity index is 1970. The van der Waals surface area contributed by atoms with Crippen LogP contribution in [0.15, 0.2) is 41.3 Å². The van der Waals surface area contributed by atoms with Gasteiger partial charge in [-0.05, 0) is 55.8 Å². The molecule has 4 aliphatic heterocycles. The van der Waals surface area contributed by atoms with E-state index in [0.717, 1.165) is 23.5 Å². The minimum absolute atomic E-state index is 0.0652. The zero-order chi connectivity index (χ0) is 32.2. The number of ether oxygens (including phenoxy) is 1. The van der Waals surface area contributed by atoms with Crippen LogP contribution in [0.5, 0.6) is 11.8 Å². The van der Waals surface area contributed by atoms with E-state index < -0.39 is 41.9 Å². The van der Waals surface area contributed by atoms with E-state index in [-0.39, 0.29) is 71.7 Å². The third-order valence-electron chi connectivity index (χ3n) is 9.25. The van der Waals surface area contributed by atoms with Crippen molar-refractivity contribution >= 4 is 27.5 Å². The summed E-state index contributed by atoms with van der Waals surface area (Å²) in [5.41, 5.74) is -1.92. The number of anilines is 1. The van der Waals surface area contributed by atoms with E-state index in [2.05, 4.69) is 15.2 Å². The van der Waals surface area contributed by atoms with Crippen molar-refractivity contribution in [3.05, 3.63) is 58.5 Å². The Morgan fingerprint density at radius 2 is 1.98 bits per heavy atom. The highest BCUT2D eigenvalue weighted by molar-refractivity contribution is 5.94. The Hall–Kier alpha value is -3.90. The van der Waals surface area contributed by atoms with Crippen molar-refractivity contribution in [2.45, 2.75) is 55.9 Å². The van der Waals surface area contributed by atoms with Crippen LogP contribution in [0, 0.1) is 11.6 Å². The van der Waals surface area contributed by atoms with Gasteiger partial charge >= 0.3 is 6.01 Å². The average molecular weight is 596 g/mol. The largest absolute Gasteiger partial charge is 0.508 e. The molecule has 0 saturated carbocycles. The van der Waals surface area contributed by atoms with E-state index in [1.807, 2.05) is 0 Å². The number of phenolic OH excluding ortho intramolecular Hbond substituents is 1. The standard InChI is InChI=1S/C31H31F3N6O3/c32-18-12-31(7-1-8-39(31)13-18)16-43-30-36-27-22(28(37-30)38-14-19-3-4-20(15-38)35-19)6-9-40(29(27)42)24-11-21(41)10-17-2-5-23(33)26(34)25(17)24/h2,5-6,9-11,18-20,35,41H,1,3-4,7-8,12-16H2/t18-,19-,20+,31+/m1/s1/i8D2,18D. The summed E-state index contributed by atoms with van der Waals surface area (Å²) in [4.78, 5) is 26.8. The number of nitrogens with zero attached hydrogens (tertiary/aromatic N) is 5. The number of hydrogen-bond acceptors (Lipinski definition) is 8. The van der Waals surface area contributed by atoms with E-state index >= 15 is 4.39 Å². The average Bonchev–Trinajstić information content (AvgIpc) is 3.58. The van der Waals surface area contributed by atoms with Crippen molar-refractivity contribution in [3.8, 4) is 17.4 Å². The molecule has 0 unspecified atom stereocenters. The minimum Gasteiger partial charge on any atom is -0.508 e. The summed E-state index contributed by atoms with van der Waals surface area (Å²) in [7, 11) is 0. The molecule has 4 atom stereocenters. The summed E-state index contributed by atoms with van der Waals surface area (Å²) in [6, 6.07) is 6.61. The number of aromatic nitrogens is 3. The normalized spacial score (nSPS) is 30.9. The molecule has 12 heteroatoms. The first-order chi connectivity index (χ1) is 21.8. The van der Waals surface area contributed by atoms with Gasteiger partial charge in [-0.1, -0.05) is 6.07 Å². The van der Waals surface area contributed by atoms with Gasteiger partial charge in [0.1, 0.15) is 29.8 Å². The highest BCUT2D eigenvalue weighted by Gasteiger charge is 2.49. The Morgan fingerprint density at radius 1 is 1.16 bits per heavy atom. The molecule has 0 spiro atoms. The minimum atomic E-state index is -2.35. The van der Waals surface area contributed by atoms with E-state index in [0.29, 0.717) is 24.3 Å². The van der Waals surface area contributed by atoms with Gasteiger partial charge in [-0.25, -0.2) is 13.2 Å². The quantitative estimate of drug-likeness (QED) is 0.360. The summed E-state index contributed by atoms with van der Waals surface area (Å²) in [6.45, 7) is -1.16. The summed E-state index contributed by atoms with van der Waals surface area (Å²) < 4.78 is 76.4. The fourth-order valence-corrected chi connectivity index (χ4v) is 7.22. The van der Waals surface area contributed by atoms with Gasteiger partial charge in [0, 0.05) is 58.5 Å². The molecule has 4 aromatic rings. The van der Waals surface area contributed by atoms with Crippen molar-refractivity contribution < 1.29 is 27.1 Å². The van der Waals surface area contributed by atoms with Gasteiger partial charge < -0.3 is 20.1 Å². The second-order valence-corrected chi connectivity index (χ2v) is 12.0. The lowest BCUT2D eigenvalue weighted by Crippen LogP contribution is -2.51. The number of phenols is 1. The molecule has 8 rings (SSSR count). The second-order valence-electron chi connectivity index (χ2n) is 12.0. The van der Waals surface area contributed by atoms with Crippen molar-refractivity contribution in [1.82, 2.24) is 24.8 Å². The molecule has 4 aliphatic rings. The third-order valence-corrected chi connectivity index (χ3v) is 9.25. The molecule has 224 valence electrons. The predicted molar refractivity (Wildman–Crippen MR) is 155 cm³/mol. The van der Waals surface area contributed by atoms with Crippen LogP contribution >= 0.6 is 0 Å². The lowest BCUT2D eigenvalue weighted by Gasteiger charge is -2.34. The molecule has 4 fully saturated rings.